The summed E-state index contributed by atoms with van der Waals surface area (Å²) < 4.78 is 5.48. The molecule has 14 heteroatoms. The molecule has 2 aliphatic heterocycles. The number of carboxylic acid groups (broad SMARTS) is 1. The molecule has 4 aliphatic rings. The molecule has 2 heterocycles. The molecule has 2 saturated heterocycles. The van der Waals surface area contributed by atoms with Gasteiger partial charge in [0, 0.05) is 12.0 Å². The third-order valence-electron chi connectivity index (χ3n) is 9.06. The number of phenols is 1. The number of aromatic carboxylic acids is 1. The van der Waals surface area contributed by atoms with Crippen molar-refractivity contribution in [1.82, 2.24) is 4.90 Å². The van der Waals surface area contributed by atoms with Gasteiger partial charge in [-0.25, -0.2) is 9.69 Å². The molecule has 0 radical (unpaired) electrons. The summed E-state index contributed by atoms with van der Waals surface area (Å²) in [6.07, 6.45) is 1.74. The highest BCUT2D eigenvalue weighted by molar-refractivity contribution is 9.09. The molecule has 6 unspecified atom stereocenters. The number of halogens is 3. The number of hydrogen-bond acceptors (Lipinski definition) is 8. The Hall–Kier alpha value is -3.45. The molecule has 230 valence electrons. The Balaban J connectivity index is 1.45. The number of carboxylic acids is 1. The van der Waals surface area contributed by atoms with E-state index in [1.54, 1.807) is 30.3 Å². The number of rotatable bonds is 7. The van der Waals surface area contributed by atoms with Crippen LogP contribution in [-0.4, -0.2) is 78.2 Å². The van der Waals surface area contributed by atoms with Gasteiger partial charge in [-0.15, -0.1) is 23.2 Å². The highest BCUT2D eigenvalue weighted by Crippen LogP contribution is 2.65. The number of aliphatic hydroxyl groups excluding tert-OH is 1. The zero-order valence-electron chi connectivity index (χ0n) is 22.8. The van der Waals surface area contributed by atoms with Crippen molar-refractivity contribution in [3.05, 3.63) is 65.2 Å². The van der Waals surface area contributed by atoms with Gasteiger partial charge in [-0.05, 0) is 48.6 Å². The van der Waals surface area contributed by atoms with Gasteiger partial charge >= 0.3 is 5.97 Å². The maximum absolute atomic E-state index is 14.1. The maximum atomic E-state index is 14.1. The zero-order valence-corrected chi connectivity index (χ0v) is 25.9. The van der Waals surface area contributed by atoms with E-state index in [4.69, 9.17) is 33.0 Å². The van der Waals surface area contributed by atoms with Gasteiger partial charge in [0.2, 0.25) is 11.8 Å². The summed E-state index contributed by atoms with van der Waals surface area (Å²) in [4.78, 5) is 64.7. The van der Waals surface area contributed by atoms with Crippen molar-refractivity contribution in [2.75, 3.05) is 23.6 Å². The SMILES string of the molecule is O=C(O)c1ccc(N2C(=O)C3CC=C4C(CC5(Cl)C(=O)N(CBr)C(=O)C5(Cl)C4c4ccc(OCCO)cc4)C3C2=O)cc1O. The number of likely N-dealkylation sites (tertiary alicyclic amines) is 1. The lowest BCUT2D eigenvalue weighted by molar-refractivity contribution is -0.138. The standard InChI is InChI=1S/C30H25BrCl2N2O9/c31-13-34-27(42)29(32)12-20-17(23(30(29,33)28(34)43)14-1-4-16(5-2-14)44-10-9-36)7-8-19-22(20)25(39)35(24(19)38)15-3-6-18(26(40)41)21(37)11-15/h1-7,11,19-20,22-23,36-37H,8-10,12-13H2,(H,40,41). The van der Waals surface area contributed by atoms with Crippen molar-refractivity contribution in [1.29, 1.82) is 0 Å². The summed E-state index contributed by atoms with van der Waals surface area (Å²) in [5, 5.41) is 28.6. The molecule has 1 saturated carbocycles. The Morgan fingerprint density at radius 2 is 1.73 bits per heavy atom. The Kier molecular flexibility index (Phi) is 7.55. The number of hydrogen-bond donors (Lipinski definition) is 3. The number of fused-ring (bicyclic) bond motifs is 4. The van der Waals surface area contributed by atoms with Crippen molar-refractivity contribution in [3.63, 3.8) is 0 Å². The average molecular weight is 708 g/mol. The second-order valence-electron chi connectivity index (χ2n) is 11.1. The molecule has 2 aromatic rings. The summed E-state index contributed by atoms with van der Waals surface area (Å²) in [6, 6.07) is 10.1. The molecule has 44 heavy (non-hydrogen) atoms. The Morgan fingerprint density at radius 3 is 2.34 bits per heavy atom. The number of alkyl halides is 3. The minimum absolute atomic E-state index is 0.00846. The molecule has 3 fully saturated rings. The predicted octanol–water partition coefficient (Wildman–Crippen LogP) is 3.38. The number of anilines is 1. The highest BCUT2D eigenvalue weighted by atomic mass is 79.9. The Morgan fingerprint density at radius 1 is 1.02 bits per heavy atom. The number of nitrogens with zero attached hydrogens (tertiary/aromatic N) is 2. The van der Waals surface area contributed by atoms with E-state index in [0.29, 0.717) is 16.9 Å². The topological polar surface area (TPSA) is 162 Å². The van der Waals surface area contributed by atoms with Gasteiger partial charge in [0.05, 0.1) is 29.6 Å². The van der Waals surface area contributed by atoms with Crippen molar-refractivity contribution in [2.24, 2.45) is 17.8 Å². The van der Waals surface area contributed by atoms with E-state index in [0.717, 1.165) is 21.9 Å². The fourth-order valence-electron chi connectivity index (χ4n) is 7.14. The number of amides is 4. The molecular weight excluding hydrogens is 683 g/mol. The van der Waals surface area contributed by atoms with Gasteiger partial charge in [-0.2, -0.15) is 0 Å². The molecule has 6 atom stereocenters. The fraction of sp³-hybridized carbons (Fsp3) is 0.367. The van der Waals surface area contributed by atoms with Crippen molar-refractivity contribution in [2.45, 2.75) is 28.5 Å². The first-order valence-electron chi connectivity index (χ1n) is 13.7. The van der Waals surface area contributed by atoms with Crippen molar-refractivity contribution in [3.8, 4) is 11.5 Å². The van der Waals surface area contributed by atoms with Crippen LogP contribution < -0.4 is 9.64 Å². The lowest BCUT2D eigenvalue weighted by Crippen LogP contribution is -2.60. The molecule has 0 aromatic heterocycles. The largest absolute Gasteiger partial charge is 0.507 e. The van der Waals surface area contributed by atoms with Gasteiger partial charge in [-0.1, -0.05) is 39.7 Å². The number of carbonyl (C=O) groups excluding carboxylic acids is 4. The zero-order chi connectivity index (χ0) is 31.7. The van der Waals surface area contributed by atoms with Crippen LogP contribution in [0.15, 0.2) is 54.1 Å². The highest BCUT2D eigenvalue weighted by Gasteiger charge is 2.76. The van der Waals surface area contributed by atoms with Crippen LogP contribution in [0.1, 0.15) is 34.7 Å². The minimum Gasteiger partial charge on any atom is -0.507 e. The number of benzene rings is 2. The molecule has 3 N–H and O–H groups in total. The molecule has 0 bridgehead atoms. The van der Waals surface area contributed by atoms with E-state index in [1.807, 2.05) is 0 Å². The number of imide groups is 2. The van der Waals surface area contributed by atoms with Crippen LogP contribution in [0.3, 0.4) is 0 Å². The van der Waals surface area contributed by atoms with E-state index in [2.05, 4.69) is 15.9 Å². The second kappa shape index (κ2) is 10.9. The molecule has 2 aliphatic carbocycles. The fourth-order valence-corrected chi connectivity index (χ4v) is 8.57. The van der Waals surface area contributed by atoms with Crippen molar-refractivity contribution < 1.29 is 44.0 Å². The molecular formula is C30H25BrCl2N2O9. The smallest absolute Gasteiger partial charge is 0.339 e. The summed E-state index contributed by atoms with van der Waals surface area (Å²) in [7, 11) is 0. The lowest BCUT2D eigenvalue weighted by Gasteiger charge is -2.50. The van der Waals surface area contributed by atoms with Crippen LogP contribution in [0.25, 0.3) is 0 Å². The van der Waals surface area contributed by atoms with Crippen LogP contribution >= 0.6 is 39.1 Å². The quantitative estimate of drug-likeness (QED) is 0.170. The number of allylic oxidation sites excluding steroid dienone is 2. The number of aliphatic hydroxyl groups is 1. The summed E-state index contributed by atoms with van der Waals surface area (Å²) in [5.74, 6) is -7.56. The van der Waals surface area contributed by atoms with Gasteiger partial charge in [0.15, 0.2) is 9.75 Å². The number of ether oxygens (including phenoxy) is 1. The molecule has 0 spiro atoms. The van der Waals surface area contributed by atoms with Gasteiger partial charge in [0.1, 0.15) is 23.7 Å². The molecule has 2 aromatic carbocycles. The van der Waals surface area contributed by atoms with E-state index >= 15 is 0 Å². The summed E-state index contributed by atoms with van der Waals surface area (Å²) in [6.45, 7) is -0.118. The van der Waals surface area contributed by atoms with Crippen molar-refractivity contribution >= 4 is 74.4 Å². The normalized spacial score (nSPS) is 31.0. The lowest BCUT2D eigenvalue weighted by atomic mass is 9.56. The second-order valence-corrected chi connectivity index (χ2v) is 12.9. The third kappa shape index (κ3) is 4.14. The van der Waals surface area contributed by atoms with Crippen LogP contribution in [-0.2, 0) is 19.2 Å². The van der Waals surface area contributed by atoms with E-state index in [-0.39, 0.29) is 42.8 Å². The number of carbonyl (C=O) groups is 5. The van der Waals surface area contributed by atoms with Crippen LogP contribution in [0, 0.1) is 17.8 Å². The molecule has 11 nitrogen and oxygen atoms in total. The van der Waals surface area contributed by atoms with Gasteiger partial charge in [0.25, 0.3) is 11.8 Å². The first-order valence-corrected chi connectivity index (χ1v) is 15.6. The van der Waals surface area contributed by atoms with Gasteiger partial charge < -0.3 is 20.1 Å². The summed E-state index contributed by atoms with van der Waals surface area (Å²) >= 11 is 17.6. The third-order valence-corrected chi connectivity index (χ3v) is 11.0. The molecule has 6 rings (SSSR count). The van der Waals surface area contributed by atoms with E-state index in [1.165, 1.54) is 6.07 Å². The van der Waals surface area contributed by atoms with E-state index in [9.17, 15) is 34.2 Å². The first-order chi connectivity index (χ1) is 20.9. The van der Waals surface area contributed by atoms with Crippen LogP contribution in [0.2, 0.25) is 0 Å². The monoisotopic (exact) mass is 706 g/mol. The maximum Gasteiger partial charge on any atom is 0.339 e. The van der Waals surface area contributed by atoms with Crippen LogP contribution in [0.4, 0.5) is 5.69 Å². The predicted molar refractivity (Wildman–Crippen MR) is 160 cm³/mol. The average Bonchev–Trinajstić information content (AvgIpc) is 3.33. The minimum atomic E-state index is -1.96. The van der Waals surface area contributed by atoms with Crippen LogP contribution in [0.5, 0.6) is 11.5 Å². The molecule has 4 amide bonds. The Bertz CT molecular complexity index is 1650. The first kappa shape index (κ1) is 30.6. The van der Waals surface area contributed by atoms with Gasteiger partial charge in [-0.3, -0.25) is 24.1 Å². The summed E-state index contributed by atoms with van der Waals surface area (Å²) in [5.41, 5.74) is 0.613. The van der Waals surface area contributed by atoms with E-state index < -0.39 is 68.8 Å². The Labute approximate surface area is 269 Å². The number of aromatic hydroxyl groups is 1.